The second-order valence-electron chi connectivity index (χ2n) is 8.47. The molecule has 34 heavy (non-hydrogen) atoms. The highest BCUT2D eigenvalue weighted by molar-refractivity contribution is 7.89. The molecule has 172 valence electrons. The van der Waals surface area contributed by atoms with Crippen LogP contribution in [0.5, 0.6) is 0 Å². The molecule has 0 bridgehead atoms. The molecule has 1 aliphatic carbocycles. The van der Waals surface area contributed by atoms with Gasteiger partial charge < -0.3 is 5.32 Å². The molecule has 0 aromatic heterocycles. The van der Waals surface area contributed by atoms with E-state index in [1.54, 1.807) is 66.7 Å². The van der Waals surface area contributed by atoms with Gasteiger partial charge in [0, 0.05) is 41.0 Å². The Labute approximate surface area is 197 Å². The van der Waals surface area contributed by atoms with Crippen LogP contribution in [0.15, 0.2) is 77.7 Å². The molecule has 1 N–H and O–H groups in total. The average molecular weight is 475 g/mol. The first kappa shape index (κ1) is 22.2. The molecule has 5 rings (SSSR count). The van der Waals surface area contributed by atoms with Crippen molar-refractivity contribution in [2.45, 2.75) is 17.7 Å². The predicted octanol–water partition coefficient (Wildman–Crippen LogP) is 3.50. The van der Waals surface area contributed by atoms with Crippen LogP contribution in [0.3, 0.4) is 0 Å². The monoisotopic (exact) mass is 474 g/mol. The van der Waals surface area contributed by atoms with Crippen molar-refractivity contribution in [2.24, 2.45) is 5.92 Å². The summed E-state index contributed by atoms with van der Waals surface area (Å²) in [5.41, 5.74) is 1.67. The number of carbonyl (C=O) groups excluding carboxylic acids is 3. The van der Waals surface area contributed by atoms with Crippen molar-refractivity contribution in [3.05, 3.63) is 95.1 Å². The summed E-state index contributed by atoms with van der Waals surface area (Å²) in [6.07, 6.45) is 1.13. The highest BCUT2D eigenvalue weighted by Crippen LogP contribution is 2.30. The number of ketones is 2. The van der Waals surface area contributed by atoms with Crippen molar-refractivity contribution < 1.29 is 22.8 Å². The molecule has 1 fully saturated rings. The Balaban J connectivity index is 1.34. The molecular weight excluding hydrogens is 452 g/mol. The van der Waals surface area contributed by atoms with E-state index in [1.807, 2.05) is 0 Å². The molecule has 7 nitrogen and oxygen atoms in total. The van der Waals surface area contributed by atoms with Crippen molar-refractivity contribution in [3.63, 3.8) is 0 Å². The molecule has 2 aliphatic rings. The van der Waals surface area contributed by atoms with E-state index in [9.17, 15) is 22.8 Å². The zero-order valence-electron chi connectivity index (χ0n) is 18.2. The molecule has 1 unspecified atom stereocenters. The van der Waals surface area contributed by atoms with Gasteiger partial charge in [-0.25, -0.2) is 8.42 Å². The second kappa shape index (κ2) is 8.62. The van der Waals surface area contributed by atoms with Gasteiger partial charge in [-0.2, -0.15) is 4.31 Å². The number of nitrogens with zero attached hydrogens (tertiary/aromatic N) is 1. The number of hydrogen-bond donors (Lipinski definition) is 1. The first-order chi connectivity index (χ1) is 16.4. The summed E-state index contributed by atoms with van der Waals surface area (Å²) >= 11 is 0. The molecule has 0 radical (unpaired) electrons. The van der Waals surface area contributed by atoms with Crippen LogP contribution in [-0.4, -0.2) is 43.3 Å². The Hall–Kier alpha value is -3.62. The van der Waals surface area contributed by atoms with Gasteiger partial charge in [-0.15, -0.1) is 0 Å². The van der Waals surface area contributed by atoms with Crippen molar-refractivity contribution >= 4 is 33.2 Å². The van der Waals surface area contributed by atoms with Crippen molar-refractivity contribution in [2.75, 3.05) is 18.4 Å². The topological polar surface area (TPSA) is 101 Å². The van der Waals surface area contributed by atoms with Gasteiger partial charge in [0.05, 0.1) is 10.8 Å². The second-order valence-corrected chi connectivity index (χ2v) is 10.4. The third-order valence-electron chi connectivity index (χ3n) is 6.33. The van der Waals surface area contributed by atoms with Crippen LogP contribution in [0.2, 0.25) is 0 Å². The number of carbonyl (C=O) groups is 3. The standard InChI is InChI=1S/C26H22N2O5S/c29-24-20-10-4-5-11-21(20)25(30)23-15-18(12-13-22(23)24)27-26(31)17-7-6-14-28(16-17)34(32,33)19-8-2-1-3-9-19/h1-5,8-13,15,17H,6-7,14,16H2,(H,27,31). The van der Waals surface area contributed by atoms with E-state index >= 15 is 0 Å². The van der Waals surface area contributed by atoms with Gasteiger partial charge in [0.15, 0.2) is 11.6 Å². The zero-order valence-corrected chi connectivity index (χ0v) is 19.0. The van der Waals surface area contributed by atoms with E-state index < -0.39 is 15.9 Å². The fourth-order valence-corrected chi connectivity index (χ4v) is 6.08. The van der Waals surface area contributed by atoms with Gasteiger partial charge in [-0.3, -0.25) is 14.4 Å². The van der Waals surface area contributed by atoms with E-state index in [1.165, 1.54) is 10.4 Å². The third-order valence-corrected chi connectivity index (χ3v) is 8.21. The van der Waals surface area contributed by atoms with E-state index in [-0.39, 0.29) is 34.5 Å². The Morgan fingerprint density at radius 1 is 0.824 bits per heavy atom. The van der Waals surface area contributed by atoms with Gasteiger partial charge in [0.25, 0.3) is 0 Å². The maximum atomic E-state index is 13.0. The smallest absolute Gasteiger partial charge is 0.243 e. The highest BCUT2D eigenvalue weighted by Gasteiger charge is 2.34. The summed E-state index contributed by atoms with van der Waals surface area (Å²) in [6, 6.07) is 19.5. The Kier molecular flexibility index (Phi) is 5.63. The van der Waals surface area contributed by atoms with Crippen molar-refractivity contribution in [3.8, 4) is 0 Å². The average Bonchev–Trinajstić information content (AvgIpc) is 2.88. The maximum Gasteiger partial charge on any atom is 0.243 e. The van der Waals surface area contributed by atoms with Gasteiger partial charge >= 0.3 is 0 Å². The van der Waals surface area contributed by atoms with Crippen LogP contribution in [-0.2, 0) is 14.8 Å². The lowest BCUT2D eigenvalue weighted by atomic mass is 9.84. The van der Waals surface area contributed by atoms with E-state index in [2.05, 4.69) is 5.32 Å². The number of hydrogen-bond acceptors (Lipinski definition) is 5. The van der Waals surface area contributed by atoms with Crippen molar-refractivity contribution in [1.29, 1.82) is 0 Å². The number of benzene rings is 3. The lowest BCUT2D eigenvalue weighted by molar-refractivity contribution is -0.120. The van der Waals surface area contributed by atoms with E-state index in [4.69, 9.17) is 0 Å². The lowest BCUT2D eigenvalue weighted by Gasteiger charge is -2.31. The molecule has 0 saturated carbocycles. The van der Waals surface area contributed by atoms with Crippen molar-refractivity contribution in [1.82, 2.24) is 4.31 Å². The van der Waals surface area contributed by atoms with E-state index in [0.29, 0.717) is 41.8 Å². The Morgan fingerprint density at radius 3 is 2.15 bits per heavy atom. The molecule has 3 aromatic carbocycles. The minimum absolute atomic E-state index is 0.0821. The summed E-state index contributed by atoms with van der Waals surface area (Å²) in [6.45, 7) is 0.439. The van der Waals surface area contributed by atoms with Crippen LogP contribution in [0.4, 0.5) is 5.69 Å². The molecule has 0 spiro atoms. The number of nitrogens with one attached hydrogen (secondary N) is 1. The minimum Gasteiger partial charge on any atom is -0.326 e. The molecule has 1 aliphatic heterocycles. The third kappa shape index (κ3) is 3.85. The summed E-state index contributed by atoms with van der Waals surface area (Å²) in [7, 11) is -3.68. The highest BCUT2D eigenvalue weighted by atomic mass is 32.2. The molecule has 1 heterocycles. The SMILES string of the molecule is O=C1c2ccccc2C(=O)c2cc(NC(=O)C3CCCN(S(=O)(=O)c4ccccc4)C3)ccc21. The van der Waals surface area contributed by atoms with E-state index in [0.717, 1.165) is 0 Å². The van der Waals surface area contributed by atoms with Crippen LogP contribution in [0.25, 0.3) is 0 Å². The molecule has 3 aromatic rings. The van der Waals surface area contributed by atoms with Gasteiger partial charge in [0.1, 0.15) is 0 Å². The molecule has 1 atom stereocenters. The molecule has 8 heteroatoms. The van der Waals surface area contributed by atoms with Gasteiger partial charge in [0.2, 0.25) is 15.9 Å². The Bertz CT molecular complexity index is 1420. The first-order valence-electron chi connectivity index (χ1n) is 11.0. The van der Waals surface area contributed by atoms with Crippen LogP contribution in [0.1, 0.15) is 44.7 Å². The summed E-state index contributed by atoms with van der Waals surface area (Å²) in [5, 5.41) is 2.81. The number of amides is 1. The number of piperidine rings is 1. The fraction of sp³-hybridized carbons (Fsp3) is 0.192. The van der Waals surface area contributed by atoms with Crippen LogP contribution in [0, 0.1) is 5.92 Å². The predicted molar refractivity (Wildman–Crippen MR) is 126 cm³/mol. The fourth-order valence-electron chi connectivity index (χ4n) is 4.54. The van der Waals surface area contributed by atoms with Crippen LogP contribution >= 0.6 is 0 Å². The number of rotatable bonds is 4. The van der Waals surface area contributed by atoms with Gasteiger partial charge in [-0.05, 0) is 43.2 Å². The quantitative estimate of drug-likeness (QED) is 0.488. The summed E-state index contributed by atoms with van der Waals surface area (Å²) in [5.74, 6) is -1.33. The normalized spacial score (nSPS) is 18.2. The van der Waals surface area contributed by atoms with Gasteiger partial charge in [-0.1, -0.05) is 42.5 Å². The summed E-state index contributed by atoms with van der Waals surface area (Å²) < 4.78 is 27.3. The largest absolute Gasteiger partial charge is 0.326 e. The number of sulfonamides is 1. The lowest BCUT2D eigenvalue weighted by Crippen LogP contribution is -2.43. The zero-order chi connectivity index (χ0) is 23.9. The molecule has 1 saturated heterocycles. The maximum absolute atomic E-state index is 13.0. The van der Waals surface area contributed by atoms with Crippen LogP contribution < -0.4 is 5.32 Å². The number of fused-ring (bicyclic) bond motifs is 2. The number of anilines is 1. The molecule has 1 amide bonds. The Morgan fingerprint density at radius 2 is 1.44 bits per heavy atom. The molecular formula is C26H22N2O5S. The first-order valence-corrected chi connectivity index (χ1v) is 12.5. The summed E-state index contributed by atoms with van der Waals surface area (Å²) in [4.78, 5) is 38.9. The minimum atomic E-state index is -3.68.